The van der Waals surface area contributed by atoms with Crippen molar-refractivity contribution in [2.24, 2.45) is 61.0 Å². The average Bonchev–Trinajstić information content (AvgIpc) is 1.70. The van der Waals surface area contributed by atoms with Gasteiger partial charge in [-0.1, -0.05) is 74.5 Å². The first-order chi connectivity index (χ1) is 43.2. The highest BCUT2D eigenvalue weighted by molar-refractivity contribution is 7.80. The maximum absolute atomic E-state index is 14.5. The zero-order valence-electron chi connectivity index (χ0n) is 51.3. The summed E-state index contributed by atoms with van der Waals surface area (Å²) in [7, 11) is 0. The number of thiol groups is 1. The first-order valence-electron chi connectivity index (χ1n) is 30.1. The number of carboxylic acid groups (broad SMARTS) is 1. The molecule has 2 aromatic rings. The Hall–Kier alpha value is -8.82. The number of nitrogens with two attached hydrogens (primary N) is 7. The summed E-state index contributed by atoms with van der Waals surface area (Å²) in [6.45, 7) is 2.76. The second-order valence-electron chi connectivity index (χ2n) is 22.7. The molecule has 0 aliphatic carbocycles. The van der Waals surface area contributed by atoms with E-state index in [0.29, 0.717) is 24.0 Å². The monoisotopic (exact) mass is 1290 g/mol. The van der Waals surface area contributed by atoms with Gasteiger partial charge in [-0.25, -0.2) is 4.79 Å². The summed E-state index contributed by atoms with van der Waals surface area (Å²) in [5.74, 6) is -9.83. The number of benzene rings is 2. The predicted octanol–water partition coefficient (Wildman–Crippen LogP) is -5.64. The van der Waals surface area contributed by atoms with Crippen molar-refractivity contribution in [3.63, 3.8) is 0 Å². The first-order valence-corrected chi connectivity index (χ1v) is 30.7. The van der Waals surface area contributed by atoms with Gasteiger partial charge in [0.1, 0.15) is 54.4 Å². The highest BCUT2D eigenvalue weighted by Gasteiger charge is 2.46. The van der Waals surface area contributed by atoms with Crippen molar-refractivity contribution in [3.8, 4) is 0 Å². The molecule has 0 bridgehead atoms. The summed E-state index contributed by atoms with van der Waals surface area (Å²) in [6, 6.07) is 3.32. The SMILES string of the molecule is CC(C)C[C@H](NC(=O)[C@@H](Cc1ccccc1)NC(=O)[C@H](CO)NC(=O)[C@H](Cc1ccccc1)NC(=O)[C@H](CS)NC(=O)[C@@H]1C[C@@H](O)CN1C(=O)[C@@H]1CCCN1C(=O)[C@H](CCCN=C(N)N)NC(=O)[C@H](N)CCCN=C(N)N)C(=O)N[C@@H](CCCN=C(N)N)C(=O)O. The molecule has 0 radical (unpaired) electrons. The minimum atomic E-state index is -1.75. The number of nitrogens with one attached hydrogen (secondary N) is 7. The Balaban J connectivity index is 1.52. The Labute approximate surface area is 533 Å². The van der Waals surface area contributed by atoms with Crippen LogP contribution in [0.15, 0.2) is 75.6 Å². The van der Waals surface area contributed by atoms with E-state index in [1.165, 1.54) is 4.90 Å². The van der Waals surface area contributed by atoms with Crippen LogP contribution in [-0.2, 0) is 60.8 Å². The number of nitrogens with zero attached hydrogens (tertiary/aromatic N) is 5. The molecule has 32 nitrogen and oxygen atoms in total. The number of aliphatic carboxylic acids is 1. The number of carbonyl (C=O) groups is 10. The van der Waals surface area contributed by atoms with Gasteiger partial charge < -0.3 is 102 Å². The number of rotatable bonds is 37. The van der Waals surface area contributed by atoms with Gasteiger partial charge >= 0.3 is 5.97 Å². The largest absolute Gasteiger partial charge is 0.480 e. The van der Waals surface area contributed by atoms with Crippen LogP contribution in [0.2, 0.25) is 0 Å². The van der Waals surface area contributed by atoms with E-state index in [0.717, 1.165) is 4.90 Å². The van der Waals surface area contributed by atoms with E-state index < -0.39 is 132 Å². The van der Waals surface area contributed by atoms with Crippen molar-refractivity contribution in [2.75, 3.05) is 45.1 Å². The standard InChI is InChI=1S/C58H91N19O13S/c1-32(2)25-39(47(81)70-38(55(89)90)19-11-23-68-58(64)65)71-48(82)40(26-33-13-5-3-6-14-33)72-50(84)42(30-78)74-49(83)41(27-34-15-7-4-8-16-34)73-51(85)43(31-91)75-52(86)45-28-35(79)29-77(45)54(88)44-20-12-24-76(44)53(87)37(18-10-22-67-57(62)63)69-46(80)36(59)17-9-21-66-56(60)61/h3-8,13-16,32,35-45,78-79,91H,9-12,17-31,59H2,1-2H3,(H,69,80)(H,70,81)(H,71,82)(H,72,84)(H,73,85)(H,74,83)(H,75,86)(H,89,90)(H4,60,61,66)(H4,62,63,67)(H4,64,65,68)/t35-,36-,37+,38+,39+,40-,41+,42+,43+,44+,45+/m1/s1. The van der Waals surface area contributed by atoms with Gasteiger partial charge in [0.2, 0.25) is 53.2 Å². The molecule has 2 heterocycles. The first kappa shape index (κ1) is 74.6. The van der Waals surface area contributed by atoms with Crippen LogP contribution in [-0.4, -0.2) is 214 Å². The van der Waals surface area contributed by atoms with Crippen molar-refractivity contribution in [1.29, 1.82) is 0 Å². The van der Waals surface area contributed by atoms with Crippen molar-refractivity contribution < 1.29 is 63.3 Å². The Morgan fingerprint density at radius 2 is 1.01 bits per heavy atom. The van der Waals surface area contributed by atoms with E-state index in [-0.39, 0.29) is 126 Å². The van der Waals surface area contributed by atoms with Gasteiger partial charge in [0, 0.05) is 57.7 Å². The molecule has 4 rings (SSSR count). The number of aliphatic hydroxyl groups is 2. The maximum atomic E-state index is 14.5. The fraction of sp³-hybridized carbons (Fsp3) is 0.569. The normalized spacial score (nSPS) is 17.9. The Bertz CT molecular complexity index is 2860. The van der Waals surface area contributed by atoms with Crippen LogP contribution in [0.4, 0.5) is 0 Å². The molecule has 2 aliphatic heterocycles. The number of carboxylic acids is 1. The van der Waals surface area contributed by atoms with Crippen LogP contribution >= 0.6 is 12.6 Å². The maximum Gasteiger partial charge on any atom is 0.326 e. The van der Waals surface area contributed by atoms with Crippen molar-refractivity contribution in [3.05, 3.63) is 71.8 Å². The van der Waals surface area contributed by atoms with Crippen molar-refractivity contribution in [1.82, 2.24) is 47.0 Å². The molecule has 11 atom stereocenters. The number of β-amino-alcohol motifs (C(OH)–C–C–N with tert-alkyl or cyclic N) is 1. The lowest BCUT2D eigenvalue weighted by molar-refractivity contribution is -0.148. The summed E-state index contributed by atoms with van der Waals surface area (Å²) < 4.78 is 0. The molecular weight excluding hydrogens is 1200 g/mol. The Morgan fingerprint density at radius 1 is 0.571 bits per heavy atom. The lowest BCUT2D eigenvalue weighted by Crippen LogP contribution is -2.61. The summed E-state index contributed by atoms with van der Waals surface area (Å²) >= 11 is 4.33. The zero-order valence-corrected chi connectivity index (χ0v) is 52.2. The molecule has 502 valence electrons. The molecule has 33 heteroatoms. The summed E-state index contributed by atoms with van der Waals surface area (Å²) in [4.78, 5) is 154. The zero-order chi connectivity index (χ0) is 67.3. The van der Waals surface area contributed by atoms with Gasteiger partial charge in [-0.15, -0.1) is 0 Å². The van der Waals surface area contributed by atoms with Crippen molar-refractivity contribution >= 4 is 89.6 Å². The van der Waals surface area contributed by atoms with Gasteiger partial charge in [0.05, 0.1) is 18.8 Å². The van der Waals surface area contributed by atoms with Crippen LogP contribution in [0.1, 0.15) is 89.2 Å². The molecule has 2 aliphatic rings. The second kappa shape index (κ2) is 38.0. The van der Waals surface area contributed by atoms with E-state index >= 15 is 0 Å². The van der Waals surface area contributed by atoms with E-state index in [1.54, 1.807) is 74.5 Å². The molecule has 91 heavy (non-hydrogen) atoms. The number of amides is 9. The minimum Gasteiger partial charge on any atom is -0.480 e. The predicted molar refractivity (Wildman–Crippen MR) is 340 cm³/mol. The van der Waals surface area contributed by atoms with Crippen LogP contribution in [0.3, 0.4) is 0 Å². The lowest BCUT2D eigenvalue weighted by Gasteiger charge is -2.33. The number of hydrogen-bond donors (Lipinski definition) is 18. The summed E-state index contributed by atoms with van der Waals surface area (Å²) in [5, 5.41) is 49.5. The fourth-order valence-electron chi connectivity index (χ4n) is 10.3. The minimum absolute atomic E-state index is 0.0480. The lowest BCUT2D eigenvalue weighted by atomic mass is 10.00. The van der Waals surface area contributed by atoms with E-state index in [2.05, 4.69) is 64.8 Å². The van der Waals surface area contributed by atoms with Gasteiger partial charge in [-0.05, 0) is 74.8 Å². The highest BCUT2D eigenvalue weighted by atomic mass is 32.1. The number of guanidine groups is 3. The number of aliphatic hydroxyl groups excluding tert-OH is 2. The number of hydrogen-bond acceptors (Lipinski definition) is 17. The number of likely N-dealkylation sites (tertiary alicyclic amines) is 2. The van der Waals surface area contributed by atoms with Gasteiger partial charge in [-0.3, -0.25) is 58.1 Å². The molecular formula is C58H91N19O13S. The smallest absolute Gasteiger partial charge is 0.326 e. The van der Waals surface area contributed by atoms with Crippen LogP contribution in [0, 0.1) is 5.92 Å². The van der Waals surface area contributed by atoms with Crippen LogP contribution < -0.4 is 77.4 Å². The highest BCUT2D eigenvalue weighted by Crippen LogP contribution is 2.27. The molecule has 0 unspecified atom stereocenters. The van der Waals surface area contributed by atoms with Crippen molar-refractivity contribution in [2.45, 2.75) is 157 Å². The fourth-order valence-corrected chi connectivity index (χ4v) is 10.5. The second-order valence-corrected chi connectivity index (χ2v) is 23.0. The quantitative estimate of drug-likeness (QED) is 0.0130. The third-order valence-electron chi connectivity index (χ3n) is 14.9. The third kappa shape index (κ3) is 25.2. The Morgan fingerprint density at radius 3 is 1.49 bits per heavy atom. The van der Waals surface area contributed by atoms with Gasteiger partial charge in [0.25, 0.3) is 0 Å². The number of carbonyl (C=O) groups excluding carboxylic acids is 9. The molecule has 9 amide bonds. The van der Waals surface area contributed by atoms with Gasteiger partial charge in [-0.2, -0.15) is 12.6 Å². The summed E-state index contributed by atoms with van der Waals surface area (Å²) in [6.07, 6.45) is -0.219. The Kier molecular flexibility index (Phi) is 31.2. The molecule has 0 aromatic heterocycles. The molecule has 2 aromatic carbocycles. The van der Waals surface area contributed by atoms with E-state index in [9.17, 15) is 63.3 Å². The van der Waals surface area contributed by atoms with Crippen LogP contribution in [0.25, 0.3) is 0 Å². The van der Waals surface area contributed by atoms with Gasteiger partial charge in [0.15, 0.2) is 17.9 Å². The molecule has 2 saturated heterocycles. The molecule has 0 saturated carbocycles. The van der Waals surface area contributed by atoms with Crippen LogP contribution in [0.5, 0.6) is 0 Å². The average molecular weight is 1290 g/mol. The van der Waals surface area contributed by atoms with E-state index in [1.807, 2.05) is 0 Å². The molecule has 0 spiro atoms. The number of aliphatic imine (C=N–C) groups is 3. The molecule has 24 N–H and O–H groups in total. The summed E-state index contributed by atoms with van der Waals surface area (Å²) in [5.41, 5.74) is 39.8. The van der Waals surface area contributed by atoms with E-state index in [4.69, 9.17) is 40.1 Å². The topological polar surface area (TPSA) is 541 Å². The molecule has 2 fully saturated rings. The third-order valence-corrected chi connectivity index (χ3v) is 15.3.